The predicted molar refractivity (Wildman–Crippen MR) is 111 cm³/mol. The minimum atomic E-state index is -6.25. The molecule has 0 saturated carbocycles. The number of piperazine rings is 1. The predicted octanol–water partition coefficient (Wildman–Crippen LogP) is 2.63. The van der Waals surface area contributed by atoms with Crippen molar-refractivity contribution in [2.45, 2.75) is 18.0 Å². The lowest BCUT2D eigenvalue weighted by Crippen LogP contribution is -2.54. The average Bonchev–Trinajstić information content (AvgIpc) is 3.17. The standard InChI is InChI=1S/C18H10Cl2F6N4O5S/c19-9-5(1-2-6(10(9)20)16(35,17(21,22)23)18(24,25)26)12-11(13(27)33)29-14(36-12)15(34)30-3-7(31)28-8(32)4-30/h1-2,35H,3-4H2,(H2,27,33)(H,28,31,32). The Morgan fingerprint density at radius 2 is 1.56 bits per heavy atom. The largest absolute Gasteiger partial charge is 0.430 e. The van der Waals surface area contributed by atoms with E-state index in [0.717, 1.165) is 4.90 Å². The number of rotatable bonds is 4. The molecule has 1 aliphatic rings. The fraction of sp³-hybridized carbons (Fsp3) is 0.278. The number of benzene rings is 1. The van der Waals surface area contributed by atoms with E-state index in [1.165, 1.54) is 0 Å². The van der Waals surface area contributed by atoms with Gasteiger partial charge in [-0.1, -0.05) is 35.3 Å². The van der Waals surface area contributed by atoms with Crippen LogP contribution in [0.4, 0.5) is 26.3 Å². The van der Waals surface area contributed by atoms with E-state index < -0.39 is 86.5 Å². The van der Waals surface area contributed by atoms with E-state index in [-0.39, 0.29) is 10.9 Å². The maximum atomic E-state index is 13.3. The van der Waals surface area contributed by atoms with Crippen molar-refractivity contribution in [1.29, 1.82) is 0 Å². The number of hydrogen-bond donors (Lipinski definition) is 3. The van der Waals surface area contributed by atoms with Crippen molar-refractivity contribution in [2.24, 2.45) is 5.73 Å². The van der Waals surface area contributed by atoms with E-state index in [1.807, 2.05) is 5.32 Å². The van der Waals surface area contributed by atoms with Crippen molar-refractivity contribution in [3.8, 4) is 10.4 Å². The number of nitrogens with two attached hydrogens (primary N) is 1. The molecule has 9 nitrogen and oxygen atoms in total. The number of thiazole rings is 1. The van der Waals surface area contributed by atoms with E-state index >= 15 is 0 Å². The molecule has 1 saturated heterocycles. The molecule has 194 valence electrons. The Bertz CT molecular complexity index is 1270. The number of hydrogen-bond acceptors (Lipinski definition) is 7. The van der Waals surface area contributed by atoms with Gasteiger partial charge in [0.15, 0.2) is 5.01 Å². The normalized spacial score (nSPS) is 15.2. The van der Waals surface area contributed by atoms with Crippen LogP contribution in [0.2, 0.25) is 10.0 Å². The van der Waals surface area contributed by atoms with Gasteiger partial charge in [0, 0.05) is 11.1 Å². The van der Waals surface area contributed by atoms with Gasteiger partial charge in [0.1, 0.15) is 18.8 Å². The molecule has 0 spiro atoms. The van der Waals surface area contributed by atoms with E-state index in [1.54, 1.807) is 0 Å². The Labute approximate surface area is 209 Å². The molecular weight excluding hydrogens is 569 g/mol. The number of imide groups is 1. The summed E-state index contributed by atoms with van der Waals surface area (Å²) in [5.41, 5.74) is -3.07. The van der Waals surface area contributed by atoms with Gasteiger partial charge in [0.2, 0.25) is 11.8 Å². The quantitative estimate of drug-likeness (QED) is 0.376. The lowest BCUT2D eigenvalue weighted by Gasteiger charge is -2.33. The van der Waals surface area contributed by atoms with Crippen LogP contribution in [0.15, 0.2) is 12.1 Å². The second-order valence-corrected chi connectivity index (χ2v) is 8.94. The minimum absolute atomic E-state index is 0.199. The first-order chi connectivity index (χ1) is 16.4. The van der Waals surface area contributed by atoms with Crippen LogP contribution in [0, 0.1) is 0 Å². The molecule has 18 heteroatoms. The number of aromatic nitrogens is 1. The number of nitrogens with one attached hydrogen (secondary N) is 1. The maximum absolute atomic E-state index is 13.3. The highest BCUT2D eigenvalue weighted by molar-refractivity contribution is 7.17. The fourth-order valence-electron chi connectivity index (χ4n) is 3.15. The van der Waals surface area contributed by atoms with Gasteiger partial charge in [-0.25, -0.2) is 4.98 Å². The molecule has 0 atom stereocenters. The Hall–Kier alpha value is -2.95. The molecule has 2 aromatic rings. The summed E-state index contributed by atoms with van der Waals surface area (Å²) in [5.74, 6) is -3.87. The number of halogens is 8. The molecule has 1 aromatic heterocycles. The molecule has 3 rings (SSSR count). The zero-order valence-corrected chi connectivity index (χ0v) is 19.4. The van der Waals surface area contributed by atoms with Crippen LogP contribution in [-0.2, 0) is 15.2 Å². The van der Waals surface area contributed by atoms with Crippen LogP contribution >= 0.6 is 34.5 Å². The highest BCUT2D eigenvalue weighted by Gasteiger charge is 2.72. The van der Waals surface area contributed by atoms with E-state index in [2.05, 4.69) is 4.98 Å². The number of carbonyl (C=O) groups excluding carboxylic acids is 4. The Morgan fingerprint density at radius 3 is 2.03 bits per heavy atom. The third kappa shape index (κ3) is 4.60. The van der Waals surface area contributed by atoms with Gasteiger partial charge in [0.05, 0.1) is 14.9 Å². The molecule has 2 heterocycles. The molecule has 0 aliphatic carbocycles. The Balaban J connectivity index is 2.14. The number of primary amides is 1. The van der Waals surface area contributed by atoms with E-state index in [9.17, 15) is 50.6 Å². The maximum Gasteiger partial charge on any atom is 0.430 e. The summed E-state index contributed by atoms with van der Waals surface area (Å²) in [6.45, 7) is -1.08. The zero-order chi connectivity index (χ0) is 27.4. The number of alkyl halides is 6. The van der Waals surface area contributed by atoms with Crippen molar-refractivity contribution >= 4 is 58.2 Å². The van der Waals surface area contributed by atoms with Gasteiger partial charge < -0.3 is 15.7 Å². The topological polar surface area (TPSA) is 143 Å². The fourth-order valence-corrected chi connectivity index (χ4v) is 4.83. The molecule has 1 aromatic carbocycles. The zero-order valence-electron chi connectivity index (χ0n) is 17.1. The van der Waals surface area contributed by atoms with Gasteiger partial charge in [-0.2, -0.15) is 26.3 Å². The average molecular weight is 579 g/mol. The molecule has 1 fully saturated rings. The summed E-state index contributed by atoms with van der Waals surface area (Å²) in [7, 11) is 0. The molecule has 0 unspecified atom stereocenters. The highest BCUT2D eigenvalue weighted by atomic mass is 35.5. The summed E-state index contributed by atoms with van der Waals surface area (Å²) in [6, 6.07) is 0.794. The molecule has 0 radical (unpaired) electrons. The lowest BCUT2D eigenvalue weighted by molar-refractivity contribution is -0.376. The molecule has 1 aliphatic heterocycles. The first-order valence-corrected chi connectivity index (χ1v) is 10.7. The van der Waals surface area contributed by atoms with Crippen molar-refractivity contribution < 1.29 is 50.6 Å². The van der Waals surface area contributed by atoms with E-state index in [0.29, 0.717) is 17.4 Å². The third-order valence-electron chi connectivity index (χ3n) is 4.82. The van der Waals surface area contributed by atoms with E-state index in [4.69, 9.17) is 28.9 Å². The van der Waals surface area contributed by atoms with Gasteiger partial charge in [-0.3, -0.25) is 24.5 Å². The summed E-state index contributed by atoms with van der Waals surface area (Å²) < 4.78 is 79.7. The Morgan fingerprint density at radius 1 is 1.03 bits per heavy atom. The van der Waals surface area contributed by atoms with Gasteiger partial charge >= 0.3 is 12.4 Å². The molecule has 0 bridgehead atoms. The van der Waals surface area contributed by atoms with Crippen LogP contribution in [-0.4, -0.2) is 64.1 Å². The highest BCUT2D eigenvalue weighted by Crippen LogP contribution is 2.54. The number of carbonyl (C=O) groups is 4. The van der Waals surface area contributed by atoms with Gasteiger partial charge in [0.25, 0.3) is 17.4 Å². The smallest absolute Gasteiger partial charge is 0.369 e. The van der Waals surface area contributed by atoms with Crippen molar-refractivity contribution in [2.75, 3.05) is 13.1 Å². The van der Waals surface area contributed by atoms with Crippen LogP contribution in [0.25, 0.3) is 10.4 Å². The SMILES string of the molecule is NC(=O)c1nc(C(=O)N2CC(=O)NC(=O)C2)sc1-c1ccc(C(O)(C(F)(F)F)C(F)(F)F)c(Cl)c1Cl. The second kappa shape index (κ2) is 9.17. The van der Waals surface area contributed by atoms with Crippen molar-refractivity contribution in [3.63, 3.8) is 0 Å². The number of aliphatic hydroxyl groups is 1. The Kier molecular flexibility index (Phi) is 7.04. The summed E-state index contributed by atoms with van der Waals surface area (Å²) in [5, 5.41) is 8.80. The molecule has 4 N–H and O–H groups in total. The summed E-state index contributed by atoms with van der Waals surface area (Å²) in [6.07, 6.45) is -12.5. The van der Waals surface area contributed by atoms with Gasteiger partial charge in [-0.05, 0) is 0 Å². The van der Waals surface area contributed by atoms with Crippen molar-refractivity contribution in [3.05, 3.63) is 38.4 Å². The van der Waals surface area contributed by atoms with Crippen LogP contribution in [0.5, 0.6) is 0 Å². The monoisotopic (exact) mass is 578 g/mol. The molecule has 36 heavy (non-hydrogen) atoms. The second-order valence-electron chi connectivity index (χ2n) is 7.19. The first kappa shape index (κ1) is 27.6. The lowest BCUT2D eigenvalue weighted by atomic mass is 9.91. The van der Waals surface area contributed by atoms with Crippen molar-refractivity contribution in [1.82, 2.24) is 15.2 Å². The first-order valence-electron chi connectivity index (χ1n) is 9.17. The number of nitrogens with zero attached hydrogens (tertiary/aromatic N) is 2. The third-order valence-corrected chi connectivity index (χ3v) is 6.77. The summed E-state index contributed by atoms with van der Waals surface area (Å²) >= 11 is 12.1. The number of amides is 4. The van der Waals surface area contributed by atoms with Crippen LogP contribution in [0.3, 0.4) is 0 Å². The van der Waals surface area contributed by atoms with Crippen LogP contribution in [0.1, 0.15) is 25.9 Å². The van der Waals surface area contributed by atoms with Gasteiger partial charge in [-0.15, -0.1) is 11.3 Å². The summed E-state index contributed by atoms with van der Waals surface area (Å²) in [4.78, 5) is 51.8. The minimum Gasteiger partial charge on any atom is -0.369 e. The molecule has 4 amide bonds. The van der Waals surface area contributed by atoms with Crippen LogP contribution < -0.4 is 11.1 Å². The molecular formula is C18H10Cl2F6N4O5S.